The lowest BCUT2D eigenvalue weighted by Crippen LogP contribution is -1.99. The molecule has 1 aromatic carbocycles. The second kappa shape index (κ2) is 4.84. The summed E-state index contributed by atoms with van der Waals surface area (Å²) in [5, 5.41) is 20.1. The van der Waals surface area contributed by atoms with Crippen LogP contribution in [-0.2, 0) is 0 Å². The molecule has 8 heteroatoms. The fourth-order valence-electron chi connectivity index (χ4n) is 1.38. The molecule has 0 fully saturated rings. The number of carbonyl (C=O) groups is 1. The third kappa shape index (κ3) is 2.30. The average molecular weight is 267 g/mol. The third-order valence-corrected chi connectivity index (χ3v) is 2.45. The van der Waals surface area contributed by atoms with Crippen molar-refractivity contribution in [3.05, 3.63) is 45.1 Å². The number of carbonyl (C=O) groups excluding carboxylic acids is 1. The van der Waals surface area contributed by atoms with Gasteiger partial charge in [-0.15, -0.1) is 0 Å². The number of aromatic amines is 1. The lowest BCUT2D eigenvalue weighted by Gasteiger charge is -2.05. The van der Waals surface area contributed by atoms with Gasteiger partial charge in [-0.05, 0) is 12.1 Å². The molecule has 7 nitrogen and oxygen atoms in total. The summed E-state index contributed by atoms with van der Waals surface area (Å²) in [6.45, 7) is 0. The fourth-order valence-corrected chi connectivity index (χ4v) is 1.55. The Morgan fingerprint density at radius 2 is 2.28 bits per heavy atom. The summed E-state index contributed by atoms with van der Waals surface area (Å²) in [4.78, 5) is 21.0. The highest BCUT2D eigenvalue weighted by Gasteiger charge is 2.16. The number of nitrogens with zero attached hydrogens (tertiary/aromatic N) is 2. The normalized spacial score (nSPS) is 10.1. The highest BCUT2D eigenvalue weighted by atomic mass is 35.5. The van der Waals surface area contributed by atoms with Crippen LogP contribution in [0.1, 0.15) is 10.4 Å². The van der Waals surface area contributed by atoms with E-state index in [9.17, 15) is 14.9 Å². The number of rotatable bonds is 4. The Labute approximate surface area is 106 Å². The molecule has 0 unspecified atom stereocenters. The van der Waals surface area contributed by atoms with Gasteiger partial charge in [-0.25, -0.2) is 0 Å². The van der Waals surface area contributed by atoms with Gasteiger partial charge in [0.25, 0.3) is 5.69 Å². The highest BCUT2D eigenvalue weighted by molar-refractivity contribution is 6.30. The van der Waals surface area contributed by atoms with Gasteiger partial charge in [0.1, 0.15) is 11.5 Å². The second-order valence-electron chi connectivity index (χ2n) is 3.36. The third-order valence-electron chi connectivity index (χ3n) is 2.21. The van der Waals surface area contributed by atoms with Crippen LogP contribution in [0.25, 0.3) is 0 Å². The summed E-state index contributed by atoms with van der Waals surface area (Å²) >= 11 is 5.69. The quantitative estimate of drug-likeness (QED) is 0.503. The summed E-state index contributed by atoms with van der Waals surface area (Å²) < 4.78 is 0. The maximum atomic E-state index is 10.9. The molecule has 2 N–H and O–H groups in total. The van der Waals surface area contributed by atoms with Gasteiger partial charge in [0.15, 0.2) is 6.29 Å². The number of halogens is 1. The molecule has 0 aliphatic rings. The van der Waals surface area contributed by atoms with Gasteiger partial charge >= 0.3 is 0 Å². The van der Waals surface area contributed by atoms with Crippen LogP contribution in [-0.4, -0.2) is 21.4 Å². The summed E-state index contributed by atoms with van der Waals surface area (Å²) in [5.74, 6) is 0.287. The molecular weight excluding hydrogens is 260 g/mol. The number of hydrogen-bond acceptors (Lipinski definition) is 5. The highest BCUT2D eigenvalue weighted by Crippen LogP contribution is 2.30. The molecule has 0 saturated heterocycles. The molecule has 1 heterocycles. The molecule has 0 aliphatic carbocycles. The van der Waals surface area contributed by atoms with Gasteiger partial charge in [-0.2, -0.15) is 5.10 Å². The topological polar surface area (TPSA) is 101 Å². The van der Waals surface area contributed by atoms with Crippen LogP contribution in [0.5, 0.6) is 0 Å². The van der Waals surface area contributed by atoms with Crippen LogP contribution in [0.3, 0.4) is 0 Å². The van der Waals surface area contributed by atoms with E-state index >= 15 is 0 Å². The monoisotopic (exact) mass is 266 g/mol. The van der Waals surface area contributed by atoms with Crippen molar-refractivity contribution in [3.63, 3.8) is 0 Å². The van der Waals surface area contributed by atoms with Crippen molar-refractivity contribution in [2.75, 3.05) is 5.32 Å². The SMILES string of the molecule is O=Cc1cn[nH]c1Nc1ccc(Cl)cc1[N+](=O)[O-]. The van der Waals surface area contributed by atoms with E-state index in [0.717, 1.165) is 0 Å². The Kier molecular flexibility index (Phi) is 3.24. The zero-order chi connectivity index (χ0) is 13.1. The molecule has 18 heavy (non-hydrogen) atoms. The second-order valence-corrected chi connectivity index (χ2v) is 3.80. The van der Waals surface area contributed by atoms with Crippen LogP contribution in [0.2, 0.25) is 5.02 Å². The van der Waals surface area contributed by atoms with Gasteiger partial charge in [0, 0.05) is 11.1 Å². The zero-order valence-electron chi connectivity index (χ0n) is 8.88. The summed E-state index contributed by atoms with van der Waals surface area (Å²) in [7, 11) is 0. The van der Waals surface area contributed by atoms with Gasteiger partial charge < -0.3 is 5.32 Å². The van der Waals surface area contributed by atoms with Crippen molar-refractivity contribution in [1.82, 2.24) is 10.2 Å². The first-order valence-electron chi connectivity index (χ1n) is 4.81. The Bertz CT molecular complexity index is 611. The van der Waals surface area contributed by atoms with Crippen LogP contribution >= 0.6 is 11.6 Å². The Balaban J connectivity index is 2.40. The first kappa shape index (κ1) is 12.1. The maximum absolute atomic E-state index is 10.9. The van der Waals surface area contributed by atoms with Gasteiger partial charge in [0.2, 0.25) is 0 Å². The number of anilines is 2. The number of aldehydes is 1. The number of nitrogens with one attached hydrogen (secondary N) is 2. The Morgan fingerprint density at radius 3 is 2.94 bits per heavy atom. The molecule has 1 aromatic heterocycles. The predicted molar refractivity (Wildman–Crippen MR) is 65.4 cm³/mol. The molecular formula is C10H7ClN4O3. The lowest BCUT2D eigenvalue weighted by atomic mass is 10.2. The standard InChI is InChI=1S/C10H7ClN4O3/c11-7-1-2-8(9(3-7)15(17)18)13-10-6(5-16)4-12-14-10/h1-5H,(H2,12,13,14). The van der Waals surface area contributed by atoms with E-state index in [1.807, 2.05) is 0 Å². The van der Waals surface area contributed by atoms with Crippen molar-refractivity contribution < 1.29 is 9.72 Å². The molecule has 2 aromatic rings. The molecule has 0 spiro atoms. The van der Waals surface area contributed by atoms with Crippen molar-refractivity contribution >= 4 is 35.1 Å². The minimum absolute atomic E-state index is 0.186. The van der Waals surface area contributed by atoms with Crippen molar-refractivity contribution in [2.24, 2.45) is 0 Å². The number of hydrogen-bond donors (Lipinski definition) is 2. The molecule has 0 radical (unpaired) electrons. The Morgan fingerprint density at radius 1 is 1.50 bits per heavy atom. The maximum Gasteiger partial charge on any atom is 0.294 e. The van der Waals surface area contributed by atoms with E-state index in [4.69, 9.17) is 11.6 Å². The first-order chi connectivity index (χ1) is 8.61. The van der Waals surface area contributed by atoms with Crippen LogP contribution < -0.4 is 5.32 Å². The molecule has 0 bridgehead atoms. The van der Waals surface area contributed by atoms with E-state index in [1.54, 1.807) is 0 Å². The smallest absolute Gasteiger partial charge is 0.294 e. The number of benzene rings is 1. The number of nitro groups is 1. The molecule has 2 rings (SSSR count). The number of aromatic nitrogens is 2. The van der Waals surface area contributed by atoms with E-state index < -0.39 is 4.92 Å². The average Bonchev–Trinajstić information content (AvgIpc) is 2.78. The van der Waals surface area contributed by atoms with Gasteiger partial charge in [-0.3, -0.25) is 20.0 Å². The van der Waals surface area contributed by atoms with E-state index in [1.165, 1.54) is 24.4 Å². The molecule has 0 atom stereocenters. The number of H-pyrrole nitrogens is 1. The first-order valence-corrected chi connectivity index (χ1v) is 5.19. The Hall–Kier alpha value is -2.41. The minimum atomic E-state index is -0.564. The summed E-state index contributed by atoms with van der Waals surface area (Å²) in [6.07, 6.45) is 1.91. The molecule has 0 aliphatic heterocycles. The van der Waals surface area contributed by atoms with Crippen molar-refractivity contribution in [3.8, 4) is 0 Å². The van der Waals surface area contributed by atoms with Crippen molar-refractivity contribution in [1.29, 1.82) is 0 Å². The van der Waals surface area contributed by atoms with Crippen LogP contribution in [0.15, 0.2) is 24.4 Å². The lowest BCUT2D eigenvalue weighted by molar-refractivity contribution is -0.383. The van der Waals surface area contributed by atoms with E-state index in [-0.39, 0.29) is 27.8 Å². The summed E-state index contributed by atoms with van der Waals surface area (Å²) in [5.41, 5.74) is 0.310. The van der Waals surface area contributed by atoms with Gasteiger partial charge in [0.05, 0.1) is 16.7 Å². The largest absolute Gasteiger partial charge is 0.334 e. The fraction of sp³-hybridized carbons (Fsp3) is 0. The van der Waals surface area contributed by atoms with Crippen molar-refractivity contribution in [2.45, 2.75) is 0 Å². The zero-order valence-corrected chi connectivity index (χ0v) is 9.64. The predicted octanol–water partition coefficient (Wildman–Crippen LogP) is 2.53. The summed E-state index contributed by atoms with van der Waals surface area (Å²) in [6, 6.07) is 4.19. The molecule has 0 amide bonds. The molecule has 0 saturated carbocycles. The van der Waals surface area contributed by atoms with Gasteiger partial charge in [-0.1, -0.05) is 11.6 Å². The van der Waals surface area contributed by atoms with E-state index in [2.05, 4.69) is 15.5 Å². The van der Waals surface area contributed by atoms with E-state index in [0.29, 0.717) is 6.29 Å². The number of nitro benzene ring substituents is 1. The minimum Gasteiger partial charge on any atom is -0.334 e. The van der Waals surface area contributed by atoms with Crippen LogP contribution in [0, 0.1) is 10.1 Å². The van der Waals surface area contributed by atoms with Crippen LogP contribution in [0.4, 0.5) is 17.2 Å². The molecule has 92 valence electrons.